The number of aryl methyl sites for hydroxylation is 1. The lowest BCUT2D eigenvalue weighted by molar-refractivity contribution is 0.572. The molecular formula is C9H8O. The fraction of sp³-hybridized carbons (Fsp3) is 0.111. The van der Waals surface area contributed by atoms with E-state index in [4.69, 9.17) is 4.42 Å². The van der Waals surface area contributed by atoms with Crippen molar-refractivity contribution in [3.8, 4) is 0 Å². The number of furan rings is 1. The maximum absolute atomic E-state index is 5.02. The van der Waals surface area contributed by atoms with E-state index in [2.05, 4.69) is 25.1 Å². The number of fused-ring (bicyclic) bond motifs is 1. The van der Waals surface area contributed by atoms with Gasteiger partial charge < -0.3 is 4.42 Å². The first-order valence-corrected chi connectivity index (χ1v) is 3.29. The maximum Gasteiger partial charge on any atom is 0.0981 e. The molecule has 10 heavy (non-hydrogen) atoms. The topological polar surface area (TPSA) is 13.1 Å². The summed E-state index contributed by atoms with van der Waals surface area (Å²) in [7, 11) is 0. The summed E-state index contributed by atoms with van der Waals surface area (Å²) in [6.45, 7) is 2.08. The van der Waals surface area contributed by atoms with Gasteiger partial charge in [-0.25, -0.2) is 0 Å². The minimum absolute atomic E-state index is 1.17. The fourth-order valence-electron chi connectivity index (χ4n) is 1.08. The molecule has 1 nitrogen and oxygen atoms in total. The third-order valence-electron chi connectivity index (χ3n) is 1.63. The standard InChI is InChI=1S/C9H8O/c1-7-2-3-8-5-10-6-9(8)4-7/h2-6H,1H3. The van der Waals surface area contributed by atoms with Crippen LogP contribution in [0.3, 0.4) is 0 Å². The third-order valence-corrected chi connectivity index (χ3v) is 1.63. The Kier molecular flexibility index (Phi) is 1.04. The number of rotatable bonds is 0. The van der Waals surface area contributed by atoms with E-state index in [0.29, 0.717) is 0 Å². The SMILES string of the molecule is Cc1ccc2cocc2c1. The van der Waals surface area contributed by atoms with Crippen molar-refractivity contribution in [1.82, 2.24) is 0 Å². The van der Waals surface area contributed by atoms with Crippen molar-refractivity contribution in [1.29, 1.82) is 0 Å². The molecule has 0 N–H and O–H groups in total. The van der Waals surface area contributed by atoms with Gasteiger partial charge in [-0.3, -0.25) is 0 Å². The zero-order valence-corrected chi connectivity index (χ0v) is 5.79. The van der Waals surface area contributed by atoms with Gasteiger partial charge in [0, 0.05) is 10.8 Å². The summed E-state index contributed by atoms with van der Waals surface area (Å²) < 4.78 is 5.02. The molecule has 0 amide bonds. The smallest absolute Gasteiger partial charge is 0.0981 e. The number of hydrogen-bond donors (Lipinski definition) is 0. The minimum Gasteiger partial charge on any atom is -0.471 e. The van der Waals surface area contributed by atoms with Crippen molar-refractivity contribution in [3.63, 3.8) is 0 Å². The quantitative estimate of drug-likeness (QED) is 0.537. The highest BCUT2D eigenvalue weighted by atomic mass is 16.3. The number of hydrogen-bond acceptors (Lipinski definition) is 1. The normalized spacial score (nSPS) is 10.5. The van der Waals surface area contributed by atoms with E-state index in [0.717, 1.165) is 0 Å². The summed E-state index contributed by atoms with van der Waals surface area (Å²) in [5.41, 5.74) is 1.27. The minimum atomic E-state index is 1.17. The molecule has 0 aliphatic heterocycles. The predicted molar refractivity (Wildman–Crippen MR) is 41.0 cm³/mol. The van der Waals surface area contributed by atoms with Crippen LogP contribution in [0.15, 0.2) is 35.1 Å². The van der Waals surface area contributed by atoms with Crippen molar-refractivity contribution in [2.24, 2.45) is 0 Å². The molecule has 0 radical (unpaired) electrons. The van der Waals surface area contributed by atoms with Crippen molar-refractivity contribution < 1.29 is 4.42 Å². The van der Waals surface area contributed by atoms with Crippen molar-refractivity contribution >= 4 is 10.8 Å². The van der Waals surface area contributed by atoms with Crippen LogP contribution in [0.25, 0.3) is 10.8 Å². The fourth-order valence-corrected chi connectivity index (χ4v) is 1.08. The van der Waals surface area contributed by atoms with Gasteiger partial charge in [0.05, 0.1) is 12.5 Å². The van der Waals surface area contributed by atoms with Crippen LogP contribution in [-0.2, 0) is 0 Å². The highest BCUT2D eigenvalue weighted by molar-refractivity contribution is 5.81. The average Bonchev–Trinajstić information content (AvgIpc) is 2.33. The molecule has 0 spiro atoms. The van der Waals surface area contributed by atoms with Crippen LogP contribution in [0.5, 0.6) is 0 Å². The van der Waals surface area contributed by atoms with Gasteiger partial charge in [0.15, 0.2) is 0 Å². The summed E-state index contributed by atoms with van der Waals surface area (Å²) in [5.74, 6) is 0. The van der Waals surface area contributed by atoms with Gasteiger partial charge >= 0.3 is 0 Å². The van der Waals surface area contributed by atoms with Crippen molar-refractivity contribution in [2.45, 2.75) is 6.92 Å². The van der Waals surface area contributed by atoms with E-state index >= 15 is 0 Å². The molecule has 0 unspecified atom stereocenters. The Balaban J connectivity index is 2.86. The molecule has 1 aromatic carbocycles. The molecule has 0 bridgehead atoms. The first kappa shape index (κ1) is 5.54. The monoisotopic (exact) mass is 132 g/mol. The Morgan fingerprint density at radius 1 is 1.10 bits per heavy atom. The molecular weight excluding hydrogens is 124 g/mol. The molecule has 0 atom stereocenters. The van der Waals surface area contributed by atoms with Gasteiger partial charge in [-0.05, 0) is 13.0 Å². The lowest BCUT2D eigenvalue weighted by atomic mass is 10.1. The van der Waals surface area contributed by atoms with E-state index in [1.807, 2.05) is 0 Å². The highest BCUT2D eigenvalue weighted by Gasteiger charge is 1.92. The molecule has 2 aromatic rings. The molecule has 0 fully saturated rings. The first-order chi connectivity index (χ1) is 4.86. The van der Waals surface area contributed by atoms with Gasteiger partial charge in [-0.2, -0.15) is 0 Å². The van der Waals surface area contributed by atoms with E-state index in [1.165, 1.54) is 16.3 Å². The molecule has 0 saturated heterocycles. The maximum atomic E-state index is 5.02. The van der Waals surface area contributed by atoms with Crippen LogP contribution in [0.4, 0.5) is 0 Å². The van der Waals surface area contributed by atoms with Crippen molar-refractivity contribution in [2.75, 3.05) is 0 Å². The molecule has 1 heterocycles. The Morgan fingerprint density at radius 3 is 2.80 bits per heavy atom. The second kappa shape index (κ2) is 1.87. The number of benzene rings is 1. The lowest BCUT2D eigenvalue weighted by Crippen LogP contribution is -1.67. The summed E-state index contributed by atoms with van der Waals surface area (Å²) in [6.07, 6.45) is 3.52. The van der Waals surface area contributed by atoms with E-state index in [9.17, 15) is 0 Å². The Bertz CT molecular complexity index is 346. The van der Waals surface area contributed by atoms with Gasteiger partial charge in [-0.15, -0.1) is 0 Å². The summed E-state index contributed by atoms with van der Waals surface area (Å²) in [4.78, 5) is 0. The Morgan fingerprint density at radius 2 is 1.90 bits per heavy atom. The second-order valence-corrected chi connectivity index (χ2v) is 2.50. The van der Waals surface area contributed by atoms with Gasteiger partial charge in [0.25, 0.3) is 0 Å². The molecule has 1 aromatic heterocycles. The first-order valence-electron chi connectivity index (χ1n) is 3.29. The van der Waals surface area contributed by atoms with Crippen LogP contribution < -0.4 is 0 Å². The molecule has 0 aliphatic carbocycles. The average molecular weight is 132 g/mol. The third kappa shape index (κ3) is 0.711. The second-order valence-electron chi connectivity index (χ2n) is 2.50. The summed E-state index contributed by atoms with van der Waals surface area (Å²) >= 11 is 0. The molecule has 50 valence electrons. The molecule has 2 rings (SSSR count). The predicted octanol–water partition coefficient (Wildman–Crippen LogP) is 2.74. The summed E-state index contributed by atoms with van der Waals surface area (Å²) in [6, 6.07) is 6.25. The zero-order valence-electron chi connectivity index (χ0n) is 5.79. The van der Waals surface area contributed by atoms with Gasteiger partial charge in [0.2, 0.25) is 0 Å². The van der Waals surface area contributed by atoms with Crippen LogP contribution in [0, 0.1) is 6.92 Å². The Hall–Kier alpha value is -1.24. The molecule has 0 aliphatic rings. The van der Waals surface area contributed by atoms with E-state index in [-0.39, 0.29) is 0 Å². The van der Waals surface area contributed by atoms with Gasteiger partial charge in [0.1, 0.15) is 0 Å². The van der Waals surface area contributed by atoms with Crippen LogP contribution >= 0.6 is 0 Å². The van der Waals surface area contributed by atoms with E-state index < -0.39 is 0 Å². The van der Waals surface area contributed by atoms with Crippen LogP contribution in [-0.4, -0.2) is 0 Å². The van der Waals surface area contributed by atoms with Gasteiger partial charge in [-0.1, -0.05) is 17.7 Å². The molecule has 1 heteroatoms. The van der Waals surface area contributed by atoms with Crippen LogP contribution in [0.1, 0.15) is 5.56 Å². The van der Waals surface area contributed by atoms with Crippen LogP contribution in [0.2, 0.25) is 0 Å². The summed E-state index contributed by atoms with van der Waals surface area (Å²) in [5, 5.41) is 2.35. The Labute approximate surface area is 59.3 Å². The lowest BCUT2D eigenvalue weighted by Gasteiger charge is -1.88. The van der Waals surface area contributed by atoms with E-state index in [1.54, 1.807) is 12.5 Å². The zero-order chi connectivity index (χ0) is 6.97. The molecule has 0 saturated carbocycles. The highest BCUT2D eigenvalue weighted by Crippen LogP contribution is 2.15. The van der Waals surface area contributed by atoms with Crippen molar-refractivity contribution in [3.05, 3.63) is 36.3 Å². The largest absolute Gasteiger partial charge is 0.471 e.